The smallest absolute Gasteiger partial charge is 0.321 e. The summed E-state index contributed by atoms with van der Waals surface area (Å²) in [5.74, 6) is 0.112. The van der Waals surface area contributed by atoms with Gasteiger partial charge in [0.2, 0.25) is 0 Å². The van der Waals surface area contributed by atoms with Crippen molar-refractivity contribution in [1.82, 2.24) is 4.90 Å². The van der Waals surface area contributed by atoms with Crippen LogP contribution in [0.4, 0.5) is 0 Å². The second-order valence-electron chi connectivity index (χ2n) is 8.53. The molecule has 2 fully saturated rings. The number of nitrogens with zero attached hydrogens (tertiary/aromatic N) is 1. The molecule has 0 bridgehead atoms. The first-order valence-electron chi connectivity index (χ1n) is 11.3. The lowest BCUT2D eigenvalue weighted by atomic mass is 9.65. The molecule has 4 rings (SSSR count). The van der Waals surface area contributed by atoms with Crippen LogP contribution in [0.2, 0.25) is 0 Å². The molecule has 1 heterocycles. The van der Waals surface area contributed by atoms with Crippen molar-refractivity contribution in [2.24, 2.45) is 5.92 Å². The van der Waals surface area contributed by atoms with Crippen LogP contribution >= 0.6 is 0 Å². The lowest BCUT2D eigenvalue weighted by molar-refractivity contribution is -0.150. The molecule has 1 aliphatic heterocycles. The molecule has 0 amide bonds. The molecule has 0 aromatic heterocycles. The number of carbonyl (C=O) groups excluding carboxylic acids is 1. The monoisotopic (exact) mass is 391 g/mol. The molecule has 0 spiro atoms. The third-order valence-corrected chi connectivity index (χ3v) is 6.98. The first-order valence-corrected chi connectivity index (χ1v) is 11.3. The fraction of sp³-hybridized carbons (Fsp3) is 0.500. The molecule has 154 valence electrons. The summed E-state index contributed by atoms with van der Waals surface area (Å²) in [4.78, 5) is 16.4. The third kappa shape index (κ3) is 3.85. The van der Waals surface area contributed by atoms with Crippen molar-refractivity contribution < 1.29 is 9.53 Å². The highest BCUT2D eigenvalue weighted by atomic mass is 16.5. The van der Waals surface area contributed by atoms with Crippen LogP contribution in [0.1, 0.15) is 56.6 Å². The Hall–Kier alpha value is -2.13. The number of hydrogen-bond donors (Lipinski definition) is 0. The lowest BCUT2D eigenvalue weighted by Crippen LogP contribution is -2.47. The van der Waals surface area contributed by atoms with Gasteiger partial charge in [0.05, 0.1) is 6.61 Å². The number of ether oxygens (including phenoxy) is 1. The SMILES string of the molecule is CCOC(=O)C(c1ccccc1)(c1ccccc1)[C@H]1CCN(C2CCCCC2)C1. The number of likely N-dealkylation sites (tertiary alicyclic amines) is 1. The topological polar surface area (TPSA) is 29.5 Å². The van der Waals surface area contributed by atoms with Crippen LogP contribution in [-0.2, 0) is 14.9 Å². The average Bonchev–Trinajstić information content (AvgIpc) is 3.27. The van der Waals surface area contributed by atoms with Crippen molar-refractivity contribution in [3.8, 4) is 0 Å². The second-order valence-corrected chi connectivity index (χ2v) is 8.53. The summed E-state index contributed by atoms with van der Waals surface area (Å²) in [6.45, 7) is 4.35. The summed E-state index contributed by atoms with van der Waals surface area (Å²) >= 11 is 0. The van der Waals surface area contributed by atoms with Crippen molar-refractivity contribution in [2.75, 3.05) is 19.7 Å². The number of esters is 1. The molecule has 0 N–H and O–H groups in total. The van der Waals surface area contributed by atoms with Gasteiger partial charge in [-0.3, -0.25) is 4.79 Å². The van der Waals surface area contributed by atoms with E-state index in [0.717, 1.165) is 30.6 Å². The Morgan fingerprint density at radius 1 is 0.931 bits per heavy atom. The molecule has 2 aliphatic rings. The summed E-state index contributed by atoms with van der Waals surface area (Å²) in [5, 5.41) is 0. The Morgan fingerprint density at radius 2 is 1.52 bits per heavy atom. The molecular weight excluding hydrogens is 358 g/mol. The average molecular weight is 392 g/mol. The molecule has 1 aliphatic carbocycles. The first-order chi connectivity index (χ1) is 14.3. The lowest BCUT2D eigenvalue weighted by Gasteiger charge is -2.39. The Kier molecular flexibility index (Phi) is 6.34. The zero-order valence-electron chi connectivity index (χ0n) is 17.6. The molecule has 1 saturated heterocycles. The summed E-state index contributed by atoms with van der Waals surface area (Å²) in [5.41, 5.74) is 1.36. The van der Waals surface area contributed by atoms with Crippen LogP contribution in [0.5, 0.6) is 0 Å². The van der Waals surface area contributed by atoms with Gasteiger partial charge in [0.15, 0.2) is 0 Å². The van der Waals surface area contributed by atoms with Crippen molar-refractivity contribution >= 4 is 5.97 Å². The van der Waals surface area contributed by atoms with Crippen LogP contribution in [0, 0.1) is 5.92 Å². The molecule has 3 nitrogen and oxygen atoms in total. The van der Waals surface area contributed by atoms with Gasteiger partial charge in [-0.25, -0.2) is 0 Å². The maximum atomic E-state index is 13.7. The van der Waals surface area contributed by atoms with Crippen LogP contribution in [0.3, 0.4) is 0 Å². The summed E-state index contributed by atoms with van der Waals surface area (Å²) in [6.07, 6.45) is 7.68. The second kappa shape index (κ2) is 9.13. The van der Waals surface area contributed by atoms with E-state index in [0.29, 0.717) is 12.6 Å². The van der Waals surface area contributed by atoms with E-state index in [9.17, 15) is 4.79 Å². The van der Waals surface area contributed by atoms with E-state index >= 15 is 0 Å². The minimum absolute atomic E-state index is 0.104. The number of rotatable bonds is 6. The minimum Gasteiger partial charge on any atom is -0.465 e. The Labute approximate surface area is 175 Å². The highest BCUT2D eigenvalue weighted by molar-refractivity contribution is 5.88. The summed E-state index contributed by atoms with van der Waals surface area (Å²) < 4.78 is 5.75. The van der Waals surface area contributed by atoms with E-state index in [2.05, 4.69) is 29.2 Å². The molecular formula is C26H33NO2. The third-order valence-electron chi connectivity index (χ3n) is 6.98. The van der Waals surface area contributed by atoms with E-state index in [1.54, 1.807) is 0 Å². The molecule has 29 heavy (non-hydrogen) atoms. The normalized spacial score (nSPS) is 21.2. The Morgan fingerprint density at radius 3 is 2.07 bits per heavy atom. The fourth-order valence-corrected chi connectivity index (χ4v) is 5.61. The highest BCUT2D eigenvalue weighted by Crippen LogP contribution is 2.45. The van der Waals surface area contributed by atoms with Gasteiger partial charge in [0.25, 0.3) is 0 Å². The van der Waals surface area contributed by atoms with Gasteiger partial charge < -0.3 is 9.64 Å². The van der Waals surface area contributed by atoms with E-state index in [1.165, 1.54) is 32.1 Å². The molecule has 2 aromatic carbocycles. The molecule has 1 saturated carbocycles. The van der Waals surface area contributed by atoms with Crippen LogP contribution < -0.4 is 0 Å². The quantitative estimate of drug-likeness (QED) is 0.635. The largest absolute Gasteiger partial charge is 0.465 e. The van der Waals surface area contributed by atoms with Gasteiger partial charge in [-0.1, -0.05) is 79.9 Å². The fourth-order valence-electron chi connectivity index (χ4n) is 5.61. The van der Waals surface area contributed by atoms with Gasteiger partial charge in [-0.05, 0) is 49.8 Å². The zero-order valence-corrected chi connectivity index (χ0v) is 17.6. The Balaban J connectivity index is 1.76. The Bertz CT molecular complexity index is 743. The minimum atomic E-state index is -0.748. The number of carbonyl (C=O) groups is 1. The van der Waals surface area contributed by atoms with Gasteiger partial charge >= 0.3 is 5.97 Å². The van der Waals surface area contributed by atoms with E-state index in [1.807, 2.05) is 43.3 Å². The van der Waals surface area contributed by atoms with Crippen molar-refractivity contribution in [2.45, 2.75) is 56.9 Å². The molecule has 1 atom stereocenters. The predicted molar refractivity (Wildman–Crippen MR) is 117 cm³/mol. The first kappa shape index (κ1) is 20.2. The predicted octanol–water partition coefficient (Wildman–Crippen LogP) is 5.19. The van der Waals surface area contributed by atoms with Gasteiger partial charge in [-0.2, -0.15) is 0 Å². The maximum absolute atomic E-state index is 13.7. The summed E-state index contributed by atoms with van der Waals surface area (Å²) in [6, 6.07) is 21.3. The summed E-state index contributed by atoms with van der Waals surface area (Å²) in [7, 11) is 0. The number of hydrogen-bond acceptors (Lipinski definition) is 3. The molecule has 0 unspecified atom stereocenters. The highest BCUT2D eigenvalue weighted by Gasteiger charge is 2.52. The molecule has 0 radical (unpaired) electrons. The number of benzene rings is 2. The van der Waals surface area contributed by atoms with Crippen LogP contribution in [0.25, 0.3) is 0 Å². The van der Waals surface area contributed by atoms with Gasteiger partial charge in [0, 0.05) is 12.6 Å². The van der Waals surface area contributed by atoms with Gasteiger partial charge in [0.1, 0.15) is 5.41 Å². The molecule has 3 heteroatoms. The standard InChI is InChI=1S/C26H33NO2/c1-2-29-25(28)26(21-12-6-3-7-13-21,22-14-8-4-9-15-22)23-18-19-27(20-23)24-16-10-5-11-17-24/h3-4,6-9,12-15,23-24H,2,5,10-11,16-20H2,1H3/t23-/m0/s1. The van der Waals surface area contributed by atoms with E-state index < -0.39 is 5.41 Å². The van der Waals surface area contributed by atoms with E-state index in [4.69, 9.17) is 4.74 Å². The maximum Gasteiger partial charge on any atom is 0.321 e. The van der Waals surface area contributed by atoms with Crippen LogP contribution in [0.15, 0.2) is 60.7 Å². The van der Waals surface area contributed by atoms with Crippen LogP contribution in [-0.4, -0.2) is 36.6 Å². The van der Waals surface area contributed by atoms with Crippen molar-refractivity contribution in [1.29, 1.82) is 0 Å². The van der Waals surface area contributed by atoms with Crippen molar-refractivity contribution in [3.05, 3.63) is 71.8 Å². The zero-order chi connectivity index (χ0) is 20.1. The van der Waals surface area contributed by atoms with E-state index in [-0.39, 0.29) is 11.9 Å². The molecule has 2 aromatic rings. The van der Waals surface area contributed by atoms with Crippen molar-refractivity contribution in [3.63, 3.8) is 0 Å². The van der Waals surface area contributed by atoms with Gasteiger partial charge in [-0.15, -0.1) is 0 Å².